The zero-order chi connectivity index (χ0) is 23.7. The molecule has 1 aliphatic carbocycles. The zero-order valence-corrected chi connectivity index (χ0v) is 20.0. The fraction of sp³-hybridized carbons (Fsp3) is 0.185. The van der Waals surface area contributed by atoms with Crippen LogP contribution in [0.3, 0.4) is 0 Å². The van der Waals surface area contributed by atoms with Gasteiger partial charge in [-0.3, -0.25) is 4.79 Å². The van der Waals surface area contributed by atoms with Crippen molar-refractivity contribution in [3.05, 3.63) is 75.6 Å². The number of hydrogen-bond acceptors (Lipinski definition) is 6. The number of carbonyl (C=O) groups is 1. The van der Waals surface area contributed by atoms with E-state index in [1.807, 2.05) is 30.3 Å². The van der Waals surface area contributed by atoms with Crippen molar-refractivity contribution in [2.75, 3.05) is 26.6 Å². The summed E-state index contributed by atoms with van der Waals surface area (Å²) in [6, 6.07) is 15.4. The second-order valence-electron chi connectivity index (χ2n) is 7.88. The number of allylic oxidation sites excluding steroid dienone is 1. The molecule has 6 nitrogen and oxygen atoms in total. The number of rotatable bonds is 6. The lowest BCUT2D eigenvalue weighted by Crippen LogP contribution is -2.16. The van der Waals surface area contributed by atoms with Crippen molar-refractivity contribution in [1.29, 1.82) is 0 Å². The van der Waals surface area contributed by atoms with Gasteiger partial charge < -0.3 is 19.5 Å². The Morgan fingerprint density at radius 2 is 1.76 bits per heavy atom. The monoisotopic (exact) mass is 472 g/mol. The summed E-state index contributed by atoms with van der Waals surface area (Å²) in [7, 11) is 4.65. The summed E-state index contributed by atoms with van der Waals surface area (Å²) in [5.41, 5.74) is 5.05. The van der Waals surface area contributed by atoms with E-state index in [-0.39, 0.29) is 5.91 Å². The molecule has 4 aromatic rings. The van der Waals surface area contributed by atoms with Gasteiger partial charge in [0, 0.05) is 28.1 Å². The Bertz CT molecular complexity index is 1380. The smallest absolute Gasteiger partial charge is 0.256 e. The lowest BCUT2D eigenvalue weighted by Gasteiger charge is -2.16. The standard InChI is InChI=1S/C27H24N2O4S/c1-31-22-14-17(15-23(32-2)26(22)33-3)28-27(30)24-19-8-4-5-9-21(19)29-25-16(10-11-20(24)25)13-18-7-6-12-34-18/h4-9,12-15H,10-11H2,1-3H3,(H,28,30)/b16-13+. The van der Waals surface area contributed by atoms with Gasteiger partial charge in [-0.2, -0.15) is 0 Å². The fourth-order valence-corrected chi connectivity index (χ4v) is 5.11. The van der Waals surface area contributed by atoms with Crippen LogP contribution in [0, 0.1) is 0 Å². The molecule has 0 radical (unpaired) electrons. The summed E-state index contributed by atoms with van der Waals surface area (Å²) in [4.78, 5) is 19.8. The number of thiophene rings is 1. The number of hydrogen-bond donors (Lipinski definition) is 1. The van der Waals surface area contributed by atoms with Gasteiger partial charge in [0.15, 0.2) is 11.5 Å². The quantitative estimate of drug-likeness (QED) is 0.369. The molecule has 0 bridgehead atoms. The van der Waals surface area contributed by atoms with E-state index in [9.17, 15) is 4.79 Å². The first kappa shape index (κ1) is 22.0. The molecule has 0 saturated heterocycles. The van der Waals surface area contributed by atoms with Gasteiger partial charge in [0.05, 0.1) is 38.1 Å². The number of nitrogens with zero attached hydrogens (tertiary/aromatic N) is 1. The molecule has 1 aliphatic rings. The molecule has 7 heteroatoms. The van der Waals surface area contributed by atoms with Crippen LogP contribution in [0.1, 0.15) is 32.9 Å². The molecule has 1 N–H and O–H groups in total. The molecule has 2 aromatic carbocycles. The third kappa shape index (κ3) is 3.88. The number of carbonyl (C=O) groups excluding carboxylic acids is 1. The van der Waals surface area contributed by atoms with E-state index in [1.165, 1.54) is 4.88 Å². The molecule has 2 aromatic heterocycles. The molecular formula is C27H24N2O4S. The molecule has 0 atom stereocenters. The van der Waals surface area contributed by atoms with Crippen molar-refractivity contribution in [3.8, 4) is 17.2 Å². The number of anilines is 1. The van der Waals surface area contributed by atoms with Gasteiger partial charge in [0.2, 0.25) is 5.75 Å². The summed E-state index contributed by atoms with van der Waals surface area (Å²) in [6.07, 6.45) is 3.79. The van der Waals surface area contributed by atoms with Crippen LogP contribution in [0.4, 0.5) is 5.69 Å². The first-order valence-corrected chi connectivity index (χ1v) is 11.8. The average Bonchev–Trinajstić information content (AvgIpc) is 3.52. The molecule has 0 aliphatic heterocycles. The highest BCUT2D eigenvalue weighted by molar-refractivity contribution is 7.10. The summed E-state index contributed by atoms with van der Waals surface area (Å²) < 4.78 is 16.3. The Balaban J connectivity index is 1.60. The predicted molar refractivity (Wildman–Crippen MR) is 136 cm³/mol. The number of fused-ring (bicyclic) bond motifs is 2. The van der Waals surface area contributed by atoms with E-state index in [4.69, 9.17) is 19.2 Å². The lowest BCUT2D eigenvalue weighted by atomic mass is 10.00. The van der Waals surface area contributed by atoms with Crippen LogP contribution in [0.15, 0.2) is 53.9 Å². The van der Waals surface area contributed by atoms with Gasteiger partial charge >= 0.3 is 0 Å². The predicted octanol–water partition coefficient (Wildman–Crippen LogP) is 6.06. The SMILES string of the molecule is COc1cc(NC(=O)c2c3c(nc4ccccc24)/C(=C/c2cccs2)CC3)cc(OC)c1OC. The number of nitrogens with one attached hydrogen (secondary N) is 1. The number of pyridine rings is 1. The molecule has 5 rings (SSSR count). The van der Waals surface area contributed by atoms with Crippen molar-refractivity contribution in [1.82, 2.24) is 4.98 Å². The summed E-state index contributed by atoms with van der Waals surface area (Å²) >= 11 is 1.69. The van der Waals surface area contributed by atoms with Gasteiger partial charge in [0.25, 0.3) is 5.91 Å². The number of ether oxygens (including phenoxy) is 3. The van der Waals surface area contributed by atoms with Crippen molar-refractivity contribution in [2.45, 2.75) is 12.8 Å². The van der Waals surface area contributed by atoms with Crippen molar-refractivity contribution < 1.29 is 19.0 Å². The largest absolute Gasteiger partial charge is 0.493 e. The van der Waals surface area contributed by atoms with Crippen LogP contribution >= 0.6 is 11.3 Å². The Kier molecular flexibility index (Phi) is 5.94. The molecule has 0 saturated carbocycles. The van der Waals surface area contributed by atoms with Gasteiger partial charge in [-0.15, -0.1) is 11.3 Å². The number of methoxy groups -OCH3 is 3. The minimum absolute atomic E-state index is 0.193. The second kappa shape index (κ2) is 9.19. The first-order valence-electron chi connectivity index (χ1n) is 10.9. The van der Waals surface area contributed by atoms with Crippen LogP contribution in [-0.2, 0) is 6.42 Å². The van der Waals surface area contributed by atoms with Crippen LogP contribution in [-0.4, -0.2) is 32.2 Å². The van der Waals surface area contributed by atoms with Gasteiger partial charge in [-0.1, -0.05) is 24.3 Å². The fourth-order valence-electron chi connectivity index (χ4n) is 4.43. The highest BCUT2D eigenvalue weighted by Crippen LogP contribution is 2.41. The number of benzene rings is 2. The van der Waals surface area contributed by atoms with Gasteiger partial charge in [-0.05, 0) is 47.6 Å². The molecule has 0 spiro atoms. The maximum atomic E-state index is 13.7. The lowest BCUT2D eigenvalue weighted by molar-refractivity contribution is 0.102. The average molecular weight is 473 g/mol. The van der Waals surface area contributed by atoms with E-state index >= 15 is 0 Å². The van der Waals surface area contributed by atoms with Crippen LogP contribution in [0.25, 0.3) is 22.6 Å². The topological polar surface area (TPSA) is 69.7 Å². The van der Waals surface area contributed by atoms with E-state index in [0.29, 0.717) is 28.5 Å². The van der Waals surface area contributed by atoms with E-state index in [2.05, 4.69) is 22.8 Å². The summed E-state index contributed by atoms with van der Waals surface area (Å²) in [6.45, 7) is 0. The normalized spacial score (nSPS) is 13.7. The molecular weight excluding hydrogens is 448 g/mol. The summed E-state index contributed by atoms with van der Waals surface area (Å²) in [5.74, 6) is 1.23. The van der Waals surface area contributed by atoms with Crippen molar-refractivity contribution in [2.24, 2.45) is 0 Å². The Morgan fingerprint density at radius 3 is 2.44 bits per heavy atom. The Labute approximate surface area is 201 Å². The van der Waals surface area contributed by atoms with E-state index in [1.54, 1.807) is 44.8 Å². The third-order valence-corrected chi connectivity index (χ3v) is 6.77. The second-order valence-corrected chi connectivity index (χ2v) is 8.86. The molecule has 34 heavy (non-hydrogen) atoms. The maximum absolute atomic E-state index is 13.7. The van der Waals surface area contributed by atoms with Crippen LogP contribution in [0.2, 0.25) is 0 Å². The third-order valence-electron chi connectivity index (χ3n) is 5.95. The number of aromatic nitrogens is 1. The molecule has 1 amide bonds. The Morgan fingerprint density at radius 1 is 1.00 bits per heavy atom. The Hall–Kier alpha value is -3.84. The summed E-state index contributed by atoms with van der Waals surface area (Å²) in [5, 5.41) is 5.94. The number of amides is 1. The van der Waals surface area contributed by atoms with Crippen molar-refractivity contribution in [3.63, 3.8) is 0 Å². The zero-order valence-electron chi connectivity index (χ0n) is 19.2. The van der Waals surface area contributed by atoms with Gasteiger partial charge in [0.1, 0.15) is 0 Å². The minimum atomic E-state index is -0.193. The minimum Gasteiger partial charge on any atom is -0.493 e. The first-order chi connectivity index (χ1) is 16.6. The molecule has 0 unspecified atom stereocenters. The van der Waals surface area contributed by atoms with Gasteiger partial charge in [-0.25, -0.2) is 4.98 Å². The number of para-hydroxylation sites is 1. The van der Waals surface area contributed by atoms with Crippen LogP contribution in [0.5, 0.6) is 17.2 Å². The highest BCUT2D eigenvalue weighted by atomic mass is 32.1. The molecule has 172 valence electrons. The highest BCUT2D eigenvalue weighted by Gasteiger charge is 2.27. The molecule has 2 heterocycles. The maximum Gasteiger partial charge on any atom is 0.256 e. The van der Waals surface area contributed by atoms with E-state index < -0.39 is 0 Å². The molecule has 0 fully saturated rings. The van der Waals surface area contributed by atoms with E-state index in [0.717, 1.165) is 40.6 Å². The van der Waals surface area contributed by atoms with Crippen LogP contribution < -0.4 is 19.5 Å². The van der Waals surface area contributed by atoms with Crippen molar-refractivity contribution >= 4 is 45.5 Å².